The van der Waals surface area contributed by atoms with Crippen molar-refractivity contribution in [2.24, 2.45) is 0 Å². The number of carbonyl (C=O) groups is 1. The molecule has 0 bridgehead atoms. The highest BCUT2D eigenvalue weighted by molar-refractivity contribution is 7.89. The van der Waals surface area contributed by atoms with Crippen molar-refractivity contribution in [3.05, 3.63) is 64.1 Å². The number of hydrogen-bond acceptors (Lipinski definition) is 3. The number of benzene rings is 2. The molecule has 134 valence electrons. The van der Waals surface area contributed by atoms with Crippen LogP contribution in [0, 0.1) is 0 Å². The molecule has 0 heterocycles. The molecule has 0 fully saturated rings. The van der Waals surface area contributed by atoms with Gasteiger partial charge in [0.05, 0.1) is 4.90 Å². The van der Waals surface area contributed by atoms with Crippen molar-refractivity contribution >= 4 is 39.1 Å². The maximum Gasteiger partial charge on any atom is 0.240 e. The van der Waals surface area contributed by atoms with Gasteiger partial charge in [-0.15, -0.1) is 0 Å². The van der Waals surface area contributed by atoms with Crippen molar-refractivity contribution < 1.29 is 13.2 Å². The van der Waals surface area contributed by atoms with Crippen molar-refractivity contribution in [2.45, 2.75) is 17.7 Å². The van der Waals surface area contributed by atoms with Gasteiger partial charge in [0.25, 0.3) is 0 Å². The lowest BCUT2D eigenvalue weighted by Crippen LogP contribution is -2.31. The van der Waals surface area contributed by atoms with Gasteiger partial charge in [0, 0.05) is 29.6 Å². The Balaban J connectivity index is 1.72. The third-order valence-corrected chi connectivity index (χ3v) is 5.35. The van der Waals surface area contributed by atoms with Crippen LogP contribution in [0.4, 0.5) is 0 Å². The summed E-state index contributed by atoms with van der Waals surface area (Å²) >= 11 is 11.6. The summed E-state index contributed by atoms with van der Waals surface area (Å²) in [5, 5.41) is 3.76. The predicted octanol–water partition coefficient (Wildman–Crippen LogP) is 3.02. The molecule has 25 heavy (non-hydrogen) atoms. The van der Waals surface area contributed by atoms with E-state index in [9.17, 15) is 13.2 Å². The van der Waals surface area contributed by atoms with E-state index in [-0.39, 0.29) is 23.8 Å². The summed E-state index contributed by atoms with van der Waals surface area (Å²) < 4.78 is 26.5. The molecule has 0 aliphatic carbocycles. The molecule has 2 N–H and O–H groups in total. The van der Waals surface area contributed by atoms with E-state index in [2.05, 4.69) is 10.0 Å². The van der Waals surface area contributed by atoms with E-state index in [0.29, 0.717) is 23.0 Å². The van der Waals surface area contributed by atoms with E-state index in [1.165, 1.54) is 12.1 Å². The SMILES string of the molecule is O=C(CCNS(=O)(=O)c1cccc(Cl)c1)NCCc1ccc(Cl)cc1. The molecule has 0 saturated carbocycles. The zero-order chi connectivity index (χ0) is 18.3. The van der Waals surface area contributed by atoms with E-state index in [0.717, 1.165) is 5.56 Å². The van der Waals surface area contributed by atoms with Crippen LogP contribution in [-0.2, 0) is 21.2 Å². The Morgan fingerprint density at radius 3 is 2.36 bits per heavy atom. The van der Waals surface area contributed by atoms with Crippen LogP contribution in [0.5, 0.6) is 0 Å². The lowest BCUT2D eigenvalue weighted by molar-refractivity contribution is -0.120. The molecule has 1 amide bonds. The first kappa shape index (κ1) is 19.7. The number of rotatable bonds is 8. The second-order valence-electron chi connectivity index (χ2n) is 5.33. The number of halogens is 2. The monoisotopic (exact) mass is 400 g/mol. The zero-order valence-corrected chi connectivity index (χ0v) is 15.7. The minimum Gasteiger partial charge on any atom is -0.356 e. The zero-order valence-electron chi connectivity index (χ0n) is 13.3. The summed E-state index contributed by atoms with van der Waals surface area (Å²) in [7, 11) is -3.67. The molecular formula is C17H18Cl2N2O3S. The summed E-state index contributed by atoms with van der Waals surface area (Å²) in [6.07, 6.45) is 0.734. The van der Waals surface area contributed by atoms with Crippen molar-refractivity contribution in [1.82, 2.24) is 10.0 Å². The first-order chi connectivity index (χ1) is 11.9. The van der Waals surface area contributed by atoms with Gasteiger partial charge in [-0.1, -0.05) is 41.4 Å². The Hall–Kier alpha value is -1.60. The smallest absolute Gasteiger partial charge is 0.240 e. The van der Waals surface area contributed by atoms with Gasteiger partial charge >= 0.3 is 0 Å². The van der Waals surface area contributed by atoms with Gasteiger partial charge in [-0.05, 0) is 42.3 Å². The van der Waals surface area contributed by atoms with Crippen LogP contribution in [0.2, 0.25) is 10.0 Å². The third kappa shape index (κ3) is 6.66. The molecule has 0 aromatic heterocycles. The summed E-state index contributed by atoms with van der Waals surface area (Å²) in [4.78, 5) is 11.8. The van der Waals surface area contributed by atoms with Gasteiger partial charge in [-0.25, -0.2) is 13.1 Å². The topological polar surface area (TPSA) is 75.3 Å². The van der Waals surface area contributed by atoms with Gasteiger partial charge < -0.3 is 5.32 Å². The molecule has 0 unspecified atom stereocenters. The highest BCUT2D eigenvalue weighted by Crippen LogP contribution is 2.15. The van der Waals surface area contributed by atoms with Crippen molar-refractivity contribution in [2.75, 3.05) is 13.1 Å². The summed E-state index contributed by atoms with van der Waals surface area (Å²) in [5.74, 6) is -0.220. The van der Waals surface area contributed by atoms with Crippen LogP contribution < -0.4 is 10.0 Å². The molecule has 0 aliphatic heterocycles. The molecule has 2 aromatic rings. The lowest BCUT2D eigenvalue weighted by Gasteiger charge is -2.08. The largest absolute Gasteiger partial charge is 0.356 e. The van der Waals surface area contributed by atoms with E-state index in [1.54, 1.807) is 24.3 Å². The van der Waals surface area contributed by atoms with Crippen LogP contribution >= 0.6 is 23.2 Å². The molecule has 0 spiro atoms. The van der Waals surface area contributed by atoms with Crippen molar-refractivity contribution in [3.63, 3.8) is 0 Å². The first-order valence-corrected chi connectivity index (χ1v) is 9.87. The molecule has 0 atom stereocenters. The van der Waals surface area contributed by atoms with Gasteiger partial charge in [-0.2, -0.15) is 0 Å². The van der Waals surface area contributed by atoms with E-state index >= 15 is 0 Å². The van der Waals surface area contributed by atoms with Gasteiger partial charge in [0.15, 0.2) is 0 Å². The maximum atomic E-state index is 12.1. The van der Waals surface area contributed by atoms with Gasteiger partial charge in [0.2, 0.25) is 15.9 Å². The van der Waals surface area contributed by atoms with Crippen LogP contribution in [0.1, 0.15) is 12.0 Å². The summed E-state index contributed by atoms with van der Waals surface area (Å²) in [5.41, 5.74) is 1.06. The highest BCUT2D eigenvalue weighted by Gasteiger charge is 2.14. The number of nitrogens with one attached hydrogen (secondary N) is 2. The predicted molar refractivity (Wildman–Crippen MR) is 99.4 cm³/mol. The second kappa shape index (κ2) is 9.20. The Labute approximate surface area is 157 Å². The van der Waals surface area contributed by atoms with Crippen LogP contribution in [-0.4, -0.2) is 27.4 Å². The highest BCUT2D eigenvalue weighted by atomic mass is 35.5. The Morgan fingerprint density at radius 2 is 1.68 bits per heavy atom. The number of hydrogen-bond donors (Lipinski definition) is 2. The molecule has 5 nitrogen and oxygen atoms in total. The standard InChI is InChI=1S/C17H18Cl2N2O3S/c18-14-6-4-13(5-7-14)8-10-20-17(22)9-11-21-25(23,24)16-3-1-2-15(19)12-16/h1-7,12,21H,8-11H2,(H,20,22). The first-order valence-electron chi connectivity index (χ1n) is 7.63. The van der Waals surface area contributed by atoms with Crippen molar-refractivity contribution in [3.8, 4) is 0 Å². The average molecular weight is 401 g/mol. The number of sulfonamides is 1. The molecular weight excluding hydrogens is 383 g/mol. The Bertz CT molecular complexity index is 824. The second-order valence-corrected chi connectivity index (χ2v) is 7.97. The fraction of sp³-hybridized carbons (Fsp3) is 0.235. The molecule has 8 heteroatoms. The van der Waals surface area contributed by atoms with Crippen molar-refractivity contribution in [1.29, 1.82) is 0 Å². The summed E-state index contributed by atoms with van der Waals surface area (Å²) in [6, 6.07) is 13.3. The third-order valence-electron chi connectivity index (χ3n) is 3.40. The Morgan fingerprint density at radius 1 is 0.960 bits per heavy atom. The van der Waals surface area contributed by atoms with Crippen LogP contribution in [0.15, 0.2) is 53.4 Å². The van der Waals surface area contributed by atoms with Crippen LogP contribution in [0.3, 0.4) is 0 Å². The van der Waals surface area contributed by atoms with E-state index in [1.807, 2.05) is 12.1 Å². The van der Waals surface area contributed by atoms with Gasteiger partial charge in [-0.3, -0.25) is 4.79 Å². The average Bonchev–Trinajstić information content (AvgIpc) is 2.56. The van der Waals surface area contributed by atoms with Crippen LogP contribution in [0.25, 0.3) is 0 Å². The van der Waals surface area contributed by atoms with E-state index < -0.39 is 10.0 Å². The Kier molecular flexibility index (Phi) is 7.25. The quantitative estimate of drug-likeness (QED) is 0.714. The summed E-state index contributed by atoms with van der Waals surface area (Å²) in [6.45, 7) is 0.489. The molecule has 0 radical (unpaired) electrons. The number of amides is 1. The molecule has 2 rings (SSSR count). The lowest BCUT2D eigenvalue weighted by atomic mass is 10.1. The molecule has 0 saturated heterocycles. The normalized spacial score (nSPS) is 11.3. The van der Waals surface area contributed by atoms with E-state index in [4.69, 9.17) is 23.2 Å². The fourth-order valence-electron chi connectivity index (χ4n) is 2.10. The maximum absolute atomic E-state index is 12.1. The number of carbonyl (C=O) groups excluding carboxylic acids is 1. The minimum atomic E-state index is -3.67. The molecule has 2 aromatic carbocycles. The van der Waals surface area contributed by atoms with Gasteiger partial charge in [0.1, 0.15) is 0 Å². The molecule has 0 aliphatic rings. The minimum absolute atomic E-state index is 0.0155. The fourth-order valence-corrected chi connectivity index (χ4v) is 3.56.